The lowest BCUT2D eigenvalue weighted by atomic mass is 10.1. The quantitative estimate of drug-likeness (QED) is 0.821. The van der Waals surface area contributed by atoms with Crippen molar-refractivity contribution in [2.45, 2.75) is 6.54 Å². The lowest BCUT2D eigenvalue weighted by Crippen LogP contribution is -2.23. The van der Waals surface area contributed by atoms with Crippen molar-refractivity contribution in [3.63, 3.8) is 0 Å². The number of hydrogen-bond acceptors (Lipinski definition) is 4. The Morgan fingerprint density at radius 2 is 2.10 bits per heavy atom. The number of halogens is 1. The van der Waals surface area contributed by atoms with Gasteiger partial charge in [0.2, 0.25) is 0 Å². The molecule has 2 N–H and O–H groups in total. The molecule has 0 aliphatic carbocycles. The van der Waals surface area contributed by atoms with Crippen LogP contribution < -0.4 is 5.32 Å². The fourth-order valence-corrected chi connectivity index (χ4v) is 1.62. The first-order valence-electron chi connectivity index (χ1n) is 6.12. The highest BCUT2D eigenvalue weighted by atomic mass is 19.1. The van der Waals surface area contributed by atoms with Crippen molar-refractivity contribution < 1.29 is 14.3 Å². The van der Waals surface area contributed by atoms with E-state index in [1.54, 1.807) is 0 Å². The number of carbonyl (C=O) groups excluding carboxylic acids is 1. The number of aliphatic hydroxyl groups is 1. The second-order valence-electron chi connectivity index (χ2n) is 4.08. The molecule has 0 fully saturated rings. The molecule has 0 radical (unpaired) electrons. The van der Waals surface area contributed by atoms with Crippen LogP contribution in [0.5, 0.6) is 0 Å². The van der Waals surface area contributed by atoms with Crippen molar-refractivity contribution in [3.05, 3.63) is 59.4 Å². The molecule has 0 aliphatic rings. The van der Waals surface area contributed by atoms with Crippen LogP contribution in [0, 0.1) is 17.7 Å². The van der Waals surface area contributed by atoms with E-state index < -0.39 is 5.82 Å². The predicted molar refractivity (Wildman–Crippen MR) is 73.6 cm³/mol. The van der Waals surface area contributed by atoms with E-state index in [0.717, 1.165) is 0 Å². The van der Waals surface area contributed by atoms with Gasteiger partial charge in [-0.1, -0.05) is 11.8 Å². The standard InChI is InChI=1S/C15H12FN3O2/c16-14-4-3-11(2-1-5-20)6-12(14)9-19-15(21)13-7-17-10-18-8-13/h3-4,6-8,10,20H,5,9H2,(H,19,21). The fraction of sp³-hybridized carbons (Fsp3) is 0.133. The summed E-state index contributed by atoms with van der Waals surface area (Å²) >= 11 is 0. The first kappa shape index (κ1) is 14.6. The normalized spacial score (nSPS) is 9.62. The van der Waals surface area contributed by atoms with Crippen LogP contribution in [-0.4, -0.2) is 27.6 Å². The zero-order valence-corrected chi connectivity index (χ0v) is 11.0. The minimum Gasteiger partial charge on any atom is -0.384 e. The van der Waals surface area contributed by atoms with Gasteiger partial charge in [0.1, 0.15) is 18.8 Å². The fourth-order valence-electron chi connectivity index (χ4n) is 1.62. The number of benzene rings is 1. The highest BCUT2D eigenvalue weighted by molar-refractivity contribution is 5.93. The maximum absolute atomic E-state index is 13.7. The van der Waals surface area contributed by atoms with E-state index in [2.05, 4.69) is 27.1 Å². The first-order valence-corrected chi connectivity index (χ1v) is 6.12. The van der Waals surface area contributed by atoms with Gasteiger partial charge in [0.05, 0.1) is 5.56 Å². The average molecular weight is 285 g/mol. The van der Waals surface area contributed by atoms with Gasteiger partial charge >= 0.3 is 0 Å². The highest BCUT2D eigenvalue weighted by Crippen LogP contribution is 2.10. The third-order valence-electron chi connectivity index (χ3n) is 2.62. The molecular weight excluding hydrogens is 273 g/mol. The van der Waals surface area contributed by atoms with Gasteiger partial charge in [0.25, 0.3) is 5.91 Å². The van der Waals surface area contributed by atoms with Crippen LogP contribution in [-0.2, 0) is 6.54 Å². The van der Waals surface area contributed by atoms with Crippen LogP contribution in [0.25, 0.3) is 0 Å². The number of aliphatic hydroxyl groups excluding tert-OH is 1. The van der Waals surface area contributed by atoms with Crippen LogP contribution in [0.1, 0.15) is 21.5 Å². The van der Waals surface area contributed by atoms with E-state index in [9.17, 15) is 9.18 Å². The number of carbonyl (C=O) groups is 1. The summed E-state index contributed by atoms with van der Waals surface area (Å²) in [5.74, 6) is 4.34. The predicted octanol–water partition coefficient (Wildman–Crippen LogP) is 0.889. The number of nitrogens with zero attached hydrogens (tertiary/aromatic N) is 2. The smallest absolute Gasteiger partial charge is 0.254 e. The lowest BCUT2D eigenvalue weighted by molar-refractivity contribution is 0.0950. The van der Waals surface area contributed by atoms with Gasteiger partial charge in [-0.15, -0.1) is 0 Å². The average Bonchev–Trinajstić information content (AvgIpc) is 2.53. The summed E-state index contributed by atoms with van der Waals surface area (Å²) in [6, 6.07) is 4.31. The summed E-state index contributed by atoms with van der Waals surface area (Å²) in [6.07, 6.45) is 4.07. The van der Waals surface area contributed by atoms with Gasteiger partial charge in [-0.05, 0) is 18.2 Å². The Hall–Kier alpha value is -2.78. The van der Waals surface area contributed by atoms with Crippen molar-refractivity contribution in [1.29, 1.82) is 0 Å². The summed E-state index contributed by atoms with van der Waals surface area (Å²) in [4.78, 5) is 19.3. The summed E-state index contributed by atoms with van der Waals surface area (Å²) in [7, 11) is 0. The molecule has 1 amide bonds. The van der Waals surface area contributed by atoms with Crippen LogP contribution in [0.2, 0.25) is 0 Å². The van der Waals surface area contributed by atoms with Crippen molar-refractivity contribution in [2.75, 3.05) is 6.61 Å². The maximum atomic E-state index is 13.7. The maximum Gasteiger partial charge on any atom is 0.254 e. The van der Waals surface area contributed by atoms with Gasteiger partial charge in [-0.3, -0.25) is 4.79 Å². The Morgan fingerprint density at radius 1 is 1.33 bits per heavy atom. The molecule has 1 heterocycles. The van der Waals surface area contributed by atoms with Crippen molar-refractivity contribution >= 4 is 5.91 Å². The Bertz CT molecular complexity index is 693. The van der Waals surface area contributed by atoms with Gasteiger partial charge in [-0.2, -0.15) is 0 Å². The molecule has 0 saturated carbocycles. The highest BCUT2D eigenvalue weighted by Gasteiger charge is 2.08. The zero-order chi connectivity index (χ0) is 15.1. The van der Waals surface area contributed by atoms with E-state index >= 15 is 0 Å². The third kappa shape index (κ3) is 4.09. The summed E-state index contributed by atoms with van der Waals surface area (Å²) in [5.41, 5.74) is 1.18. The molecule has 6 heteroatoms. The third-order valence-corrected chi connectivity index (χ3v) is 2.62. The van der Waals surface area contributed by atoms with E-state index in [1.165, 1.54) is 36.9 Å². The van der Waals surface area contributed by atoms with E-state index in [4.69, 9.17) is 5.11 Å². The van der Waals surface area contributed by atoms with Crippen molar-refractivity contribution in [1.82, 2.24) is 15.3 Å². The van der Waals surface area contributed by atoms with Crippen molar-refractivity contribution in [2.24, 2.45) is 0 Å². The van der Waals surface area contributed by atoms with Crippen LogP contribution in [0.15, 0.2) is 36.9 Å². The van der Waals surface area contributed by atoms with Crippen LogP contribution >= 0.6 is 0 Å². The van der Waals surface area contributed by atoms with Gasteiger partial charge < -0.3 is 10.4 Å². The largest absolute Gasteiger partial charge is 0.384 e. The Labute approximate surface area is 120 Å². The lowest BCUT2D eigenvalue weighted by Gasteiger charge is -2.06. The summed E-state index contributed by atoms with van der Waals surface area (Å²) in [5, 5.41) is 11.2. The number of nitrogens with one attached hydrogen (secondary N) is 1. The van der Waals surface area contributed by atoms with E-state index in [0.29, 0.717) is 16.7 Å². The second kappa shape index (κ2) is 7.12. The minimum atomic E-state index is -0.436. The molecule has 0 saturated heterocycles. The van der Waals surface area contributed by atoms with Gasteiger partial charge in [0, 0.05) is 30.1 Å². The molecule has 0 unspecified atom stereocenters. The molecule has 0 aliphatic heterocycles. The first-order chi connectivity index (χ1) is 10.2. The molecule has 1 aromatic carbocycles. The van der Waals surface area contributed by atoms with E-state index in [1.807, 2.05) is 0 Å². The minimum absolute atomic E-state index is 0.0220. The molecule has 0 spiro atoms. The topological polar surface area (TPSA) is 75.1 Å². The van der Waals surface area contributed by atoms with Crippen LogP contribution in [0.3, 0.4) is 0 Å². The number of hydrogen-bond donors (Lipinski definition) is 2. The second-order valence-corrected chi connectivity index (χ2v) is 4.08. The van der Waals surface area contributed by atoms with Crippen LogP contribution in [0.4, 0.5) is 4.39 Å². The van der Waals surface area contributed by atoms with Crippen molar-refractivity contribution in [3.8, 4) is 11.8 Å². The molecule has 0 bridgehead atoms. The Balaban J connectivity index is 2.07. The molecule has 2 aromatic rings. The molecule has 2 rings (SSSR count). The summed E-state index contributed by atoms with van der Waals surface area (Å²) < 4.78 is 13.7. The summed E-state index contributed by atoms with van der Waals surface area (Å²) in [6.45, 7) is -0.244. The number of rotatable bonds is 3. The van der Waals surface area contributed by atoms with Gasteiger partial charge in [-0.25, -0.2) is 14.4 Å². The number of aromatic nitrogens is 2. The number of amides is 1. The molecule has 1 aromatic heterocycles. The monoisotopic (exact) mass is 285 g/mol. The molecule has 0 atom stereocenters. The SMILES string of the molecule is O=C(NCc1cc(C#CCO)ccc1F)c1cncnc1. The Morgan fingerprint density at radius 3 is 2.81 bits per heavy atom. The molecular formula is C15H12FN3O2. The Kier molecular flexibility index (Phi) is 4.96. The van der Waals surface area contributed by atoms with Gasteiger partial charge in [0.15, 0.2) is 0 Å². The zero-order valence-electron chi connectivity index (χ0n) is 11.0. The molecule has 5 nitrogen and oxygen atoms in total. The van der Waals surface area contributed by atoms with E-state index in [-0.39, 0.29) is 19.1 Å². The molecule has 21 heavy (non-hydrogen) atoms. The molecule has 106 valence electrons.